The lowest BCUT2D eigenvalue weighted by Crippen LogP contribution is -2.41. The number of para-hydroxylation sites is 2. The number of nitrogens with one attached hydrogen (secondary N) is 1. The Labute approximate surface area is 217 Å². The Balaban J connectivity index is 1.45. The van der Waals surface area contributed by atoms with E-state index in [-0.39, 0.29) is 22.9 Å². The van der Waals surface area contributed by atoms with Crippen LogP contribution in [0.1, 0.15) is 42.5 Å². The van der Waals surface area contributed by atoms with Gasteiger partial charge in [0.2, 0.25) is 5.91 Å². The molecule has 0 aromatic heterocycles. The third-order valence-electron chi connectivity index (χ3n) is 6.14. The van der Waals surface area contributed by atoms with E-state index in [1.807, 2.05) is 0 Å². The number of nitrogens with zero attached hydrogens (tertiary/aromatic N) is 2. The Bertz CT molecular complexity index is 1270. The first-order valence-corrected chi connectivity index (χ1v) is 13.9. The molecule has 0 radical (unpaired) electrons. The second-order valence-corrected chi connectivity index (χ2v) is 10.6. The lowest BCUT2D eigenvalue weighted by molar-refractivity contribution is -0.130. The van der Waals surface area contributed by atoms with E-state index in [1.54, 1.807) is 65.6 Å². The smallest absolute Gasteiger partial charge is 0.295 e. The molecule has 1 N–H and O–H groups in total. The largest absolute Gasteiger partial charge is 0.364 e. The molecular formula is C28H31N3O5S. The van der Waals surface area contributed by atoms with Gasteiger partial charge in [-0.3, -0.25) is 9.59 Å². The minimum Gasteiger partial charge on any atom is -0.364 e. The number of sulfonamides is 1. The highest BCUT2D eigenvalue weighted by molar-refractivity contribution is 7.92. The molecule has 0 spiro atoms. The quantitative estimate of drug-likeness (QED) is 0.444. The SMILES string of the molecule is O=C(NCC(=O)N1CCCCCCC1)c1ccc(S(=O)(=O)N(Oc2ccccc2)c2ccccc2)cc1. The molecule has 1 heterocycles. The summed E-state index contributed by atoms with van der Waals surface area (Å²) in [4.78, 5) is 32.7. The predicted molar refractivity (Wildman–Crippen MR) is 142 cm³/mol. The second-order valence-electron chi connectivity index (χ2n) is 8.83. The maximum atomic E-state index is 13.5. The first kappa shape index (κ1) is 26.2. The van der Waals surface area contributed by atoms with Crippen LogP contribution in [0.2, 0.25) is 0 Å². The summed E-state index contributed by atoms with van der Waals surface area (Å²) < 4.78 is 27.9. The maximum Gasteiger partial charge on any atom is 0.295 e. The minimum atomic E-state index is -4.12. The summed E-state index contributed by atoms with van der Waals surface area (Å²) in [6.07, 6.45) is 5.38. The summed E-state index contributed by atoms with van der Waals surface area (Å²) in [7, 11) is -4.12. The zero-order chi connectivity index (χ0) is 26.1. The fraction of sp³-hybridized carbons (Fsp3) is 0.286. The molecule has 8 nitrogen and oxygen atoms in total. The second kappa shape index (κ2) is 12.4. The number of carbonyl (C=O) groups excluding carboxylic acids is 2. The Morgan fingerprint density at radius 1 is 0.784 bits per heavy atom. The molecule has 0 saturated carbocycles. The monoisotopic (exact) mass is 521 g/mol. The van der Waals surface area contributed by atoms with Crippen LogP contribution in [0.25, 0.3) is 0 Å². The zero-order valence-electron chi connectivity index (χ0n) is 20.6. The highest BCUT2D eigenvalue weighted by atomic mass is 32.2. The maximum absolute atomic E-state index is 13.5. The molecule has 4 rings (SSSR count). The highest BCUT2D eigenvalue weighted by Gasteiger charge is 2.28. The van der Waals surface area contributed by atoms with Crippen molar-refractivity contribution in [2.24, 2.45) is 0 Å². The Hall–Kier alpha value is -3.85. The summed E-state index contributed by atoms with van der Waals surface area (Å²) in [6.45, 7) is 1.33. The van der Waals surface area contributed by atoms with Crippen molar-refractivity contribution >= 4 is 27.5 Å². The Kier molecular flexibility index (Phi) is 8.79. The summed E-state index contributed by atoms with van der Waals surface area (Å²) >= 11 is 0. The van der Waals surface area contributed by atoms with Crippen molar-refractivity contribution in [3.05, 3.63) is 90.5 Å². The van der Waals surface area contributed by atoms with Crippen molar-refractivity contribution in [3.8, 4) is 5.75 Å². The lowest BCUT2D eigenvalue weighted by atomic mass is 10.1. The van der Waals surface area contributed by atoms with Crippen molar-refractivity contribution < 1.29 is 22.8 Å². The van der Waals surface area contributed by atoms with E-state index in [9.17, 15) is 18.0 Å². The van der Waals surface area contributed by atoms with Crippen molar-refractivity contribution in [1.29, 1.82) is 0 Å². The molecular weight excluding hydrogens is 490 g/mol. The van der Waals surface area contributed by atoms with E-state index >= 15 is 0 Å². The van der Waals surface area contributed by atoms with Gasteiger partial charge in [0, 0.05) is 18.7 Å². The van der Waals surface area contributed by atoms with Crippen LogP contribution < -0.4 is 14.6 Å². The van der Waals surface area contributed by atoms with Crippen molar-refractivity contribution in [3.63, 3.8) is 0 Å². The first-order valence-electron chi connectivity index (χ1n) is 12.4. The summed E-state index contributed by atoms with van der Waals surface area (Å²) in [5.74, 6) is -0.188. The van der Waals surface area contributed by atoms with Gasteiger partial charge >= 0.3 is 0 Å². The van der Waals surface area contributed by atoms with Gasteiger partial charge in [0.25, 0.3) is 15.9 Å². The summed E-state index contributed by atoms with van der Waals surface area (Å²) in [6, 6.07) is 22.7. The average Bonchev–Trinajstić information content (AvgIpc) is 2.91. The van der Waals surface area contributed by atoms with Gasteiger partial charge in [0.05, 0.1) is 17.1 Å². The van der Waals surface area contributed by atoms with Crippen LogP contribution in [0, 0.1) is 0 Å². The molecule has 2 amide bonds. The molecule has 0 aliphatic carbocycles. The third kappa shape index (κ3) is 6.89. The number of rotatable bonds is 8. The van der Waals surface area contributed by atoms with Crippen LogP contribution in [-0.2, 0) is 14.8 Å². The topological polar surface area (TPSA) is 96.0 Å². The molecule has 37 heavy (non-hydrogen) atoms. The van der Waals surface area contributed by atoms with Crippen LogP contribution in [0.5, 0.6) is 5.75 Å². The molecule has 1 saturated heterocycles. The van der Waals surface area contributed by atoms with Gasteiger partial charge in [-0.1, -0.05) is 60.1 Å². The number of amides is 2. The Morgan fingerprint density at radius 3 is 1.97 bits per heavy atom. The van der Waals surface area contributed by atoms with Crippen LogP contribution in [0.3, 0.4) is 0 Å². The normalized spacial score (nSPS) is 14.2. The van der Waals surface area contributed by atoms with E-state index in [2.05, 4.69) is 5.32 Å². The third-order valence-corrected chi connectivity index (χ3v) is 7.73. The van der Waals surface area contributed by atoms with Gasteiger partial charge in [-0.25, -0.2) is 0 Å². The lowest BCUT2D eigenvalue weighted by Gasteiger charge is -2.25. The van der Waals surface area contributed by atoms with E-state index in [4.69, 9.17) is 4.84 Å². The van der Waals surface area contributed by atoms with Crippen LogP contribution >= 0.6 is 0 Å². The molecule has 9 heteroatoms. The van der Waals surface area contributed by atoms with Crippen LogP contribution in [0.15, 0.2) is 89.8 Å². The molecule has 194 valence electrons. The van der Waals surface area contributed by atoms with Gasteiger partial charge in [-0.2, -0.15) is 8.42 Å². The molecule has 1 fully saturated rings. The molecule has 3 aromatic carbocycles. The molecule has 0 unspecified atom stereocenters. The van der Waals surface area contributed by atoms with Crippen molar-refractivity contribution in [2.45, 2.75) is 37.0 Å². The summed E-state index contributed by atoms with van der Waals surface area (Å²) in [5, 5.41) is 2.66. The van der Waals surface area contributed by atoms with Gasteiger partial charge in [-0.05, 0) is 61.4 Å². The number of hydrogen-bond donors (Lipinski definition) is 1. The number of anilines is 1. The van der Waals surface area contributed by atoms with Gasteiger partial charge < -0.3 is 15.1 Å². The van der Waals surface area contributed by atoms with Crippen molar-refractivity contribution in [1.82, 2.24) is 10.2 Å². The number of likely N-dealkylation sites (tertiary alicyclic amines) is 1. The van der Waals surface area contributed by atoms with Crippen molar-refractivity contribution in [2.75, 3.05) is 24.1 Å². The molecule has 3 aromatic rings. The van der Waals surface area contributed by atoms with E-state index in [0.717, 1.165) is 30.2 Å². The predicted octanol–water partition coefficient (Wildman–Crippen LogP) is 4.40. The minimum absolute atomic E-state index is 0.0412. The van der Waals surface area contributed by atoms with Crippen LogP contribution in [0.4, 0.5) is 5.69 Å². The fourth-order valence-corrected chi connectivity index (χ4v) is 5.36. The average molecular weight is 522 g/mol. The number of benzene rings is 3. The zero-order valence-corrected chi connectivity index (χ0v) is 21.4. The molecule has 1 aliphatic heterocycles. The molecule has 0 atom stereocenters. The van der Waals surface area contributed by atoms with Crippen LogP contribution in [-0.4, -0.2) is 44.8 Å². The van der Waals surface area contributed by atoms with Gasteiger partial charge in [0.1, 0.15) is 0 Å². The molecule has 0 bridgehead atoms. The highest BCUT2D eigenvalue weighted by Crippen LogP contribution is 2.26. The van der Waals surface area contributed by atoms with Gasteiger partial charge in [-0.15, -0.1) is 0 Å². The van der Waals surface area contributed by atoms with E-state index < -0.39 is 15.9 Å². The first-order chi connectivity index (χ1) is 17.9. The molecule has 1 aliphatic rings. The van der Waals surface area contributed by atoms with E-state index in [0.29, 0.717) is 24.5 Å². The number of carbonyl (C=O) groups is 2. The Morgan fingerprint density at radius 2 is 1.35 bits per heavy atom. The van der Waals surface area contributed by atoms with E-state index in [1.165, 1.54) is 30.7 Å². The van der Waals surface area contributed by atoms with Gasteiger partial charge in [0.15, 0.2) is 5.75 Å². The fourth-order valence-electron chi connectivity index (χ4n) is 4.11. The standard InChI is InChI=1S/C28H31N3O5S/c32-27(30-20-10-2-1-3-11-21-30)22-29-28(33)23-16-18-26(19-17-23)37(34,35)31(24-12-6-4-7-13-24)36-25-14-8-5-9-15-25/h4-9,12-19H,1-3,10-11,20-22H2,(H,29,33). The summed E-state index contributed by atoms with van der Waals surface area (Å²) in [5.41, 5.74) is 0.588. The number of hydrogen-bond acceptors (Lipinski definition) is 5.